The quantitative estimate of drug-likeness (QED) is 0.837. The number of aliphatic hydroxyl groups excluding tert-OH is 1. The Kier molecular flexibility index (Phi) is 4.52. The van der Waals surface area contributed by atoms with E-state index in [2.05, 4.69) is 10.1 Å². The fourth-order valence-electron chi connectivity index (χ4n) is 1.96. The predicted molar refractivity (Wildman–Crippen MR) is 65.2 cm³/mol. The second-order valence-electron chi connectivity index (χ2n) is 4.95. The number of halogens is 3. The first-order valence-electron chi connectivity index (χ1n) is 6.17. The molecule has 0 atom stereocenters. The minimum atomic E-state index is -4.68. The van der Waals surface area contributed by atoms with Gasteiger partial charge in [-0.25, -0.2) is 0 Å². The average molecular weight is 291 g/mol. The second kappa shape index (κ2) is 5.99. The fraction of sp³-hybridized carbons (Fsp3) is 0.538. The van der Waals surface area contributed by atoms with Crippen molar-refractivity contribution in [3.8, 4) is 5.75 Å². The Labute approximate surface area is 114 Å². The van der Waals surface area contributed by atoms with E-state index in [0.29, 0.717) is 31.9 Å². The normalized spacial score (nSPS) is 17.6. The molecular weight excluding hydrogens is 275 g/mol. The maximum absolute atomic E-state index is 12.1. The fourth-order valence-corrected chi connectivity index (χ4v) is 1.96. The van der Waals surface area contributed by atoms with Crippen LogP contribution in [0.4, 0.5) is 13.2 Å². The molecular formula is C13H16F3NO3. The Hall–Kier alpha value is -1.31. The lowest BCUT2D eigenvalue weighted by Crippen LogP contribution is -2.52. The minimum absolute atomic E-state index is 0.0250. The van der Waals surface area contributed by atoms with Crippen molar-refractivity contribution in [3.05, 3.63) is 29.8 Å². The molecule has 1 aliphatic heterocycles. The van der Waals surface area contributed by atoms with Gasteiger partial charge < -0.3 is 19.9 Å². The molecule has 20 heavy (non-hydrogen) atoms. The Bertz CT molecular complexity index is 441. The van der Waals surface area contributed by atoms with Crippen LogP contribution in [0.25, 0.3) is 0 Å². The maximum atomic E-state index is 12.1. The van der Waals surface area contributed by atoms with Gasteiger partial charge in [-0.2, -0.15) is 0 Å². The van der Waals surface area contributed by atoms with Crippen molar-refractivity contribution in [3.63, 3.8) is 0 Å². The molecule has 2 N–H and O–H groups in total. The van der Waals surface area contributed by atoms with Crippen molar-refractivity contribution in [1.82, 2.24) is 5.32 Å². The van der Waals surface area contributed by atoms with Crippen molar-refractivity contribution in [2.45, 2.75) is 12.9 Å². The van der Waals surface area contributed by atoms with E-state index in [9.17, 15) is 18.3 Å². The number of nitrogens with one attached hydrogen (secondary N) is 1. The van der Waals surface area contributed by atoms with Gasteiger partial charge in [-0.15, -0.1) is 13.2 Å². The maximum Gasteiger partial charge on any atom is 0.573 e. The molecule has 0 amide bonds. The van der Waals surface area contributed by atoms with Gasteiger partial charge in [0.2, 0.25) is 0 Å². The van der Waals surface area contributed by atoms with Gasteiger partial charge in [-0.05, 0) is 17.7 Å². The molecule has 1 heterocycles. The summed E-state index contributed by atoms with van der Waals surface area (Å²) in [6.45, 7) is 1.96. The molecule has 4 nitrogen and oxygen atoms in total. The molecule has 2 rings (SSSR count). The summed E-state index contributed by atoms with van der Waals surface area (Å²) in [5, 5.41) is 12.3. The van der Waals surface area contributed by atoms with E-state index in [4.69, 9.17) is 4.74 Å². The molecule has 0 bridgehead atoms. The summed E-state index contributed by atoms with van der Waals surface area (Å²) in [5.74, 6) is -0.236. The Morgan fingerprint density at radius 3 is 2.65 bits per heavy atom. The van der Waals surface area contributed by atoms with Crippen molar-refractivity contribution in [1.29, 1.82) is 0 Å². The first-order chi connectivity index (χ1) is 9.42. The van der Waals surface area contributed by atoms with E-state index in [1.54, 1.807) is 6.07 Å². The zero-order valence-electron chi connectivity index (χ0n) is 10.7. The van der Waals surface area contributed by atoms with E-state index in [1.165, 1.54) is 18.2 Å². The predicted octanol–water partition coefficient (Wildman–Crippen LogP) is 1.68. The van der Waals surface area contributed by atoms with Gasteiger partial charge in [0.05, 0.1) is 25.2 Å². The molecule has 0 unspecified atom stereocenters. The highest BCUT2D eigenvalue weighted by atomic mass is 19.4. The Morgan fingerprint density at radius 1 is 1.35 bits per heavy atom. The largest absolute Gasteiger partial charge is 0.573 e. The summed E-state index contributed by atoms with van der Waals surface area (Å²) in [6.07, 6.45) is -4.68. The van der Waals surface area contributed by atoms with E-state index < -0.39 is 6.36 Å². The summed E-state index contributed by atoms with van der Waals surface area (Å²) >= 11 is 0. The van der Waals surface area contributed by atoms with Gasteiger partial charge in [-0.1, -0.05) is 12.1 Å². The lowest BCUT2D eigenvalue weighted by atomic mass is 9.87. The number of hydrogen-bond donors (Lipinski definition) is 2. The Balaban J connectivity index is 1.85. The van der Waals surface area contributed by atoms with Gasteiger partial charge in [0.25, 0.3) is 0 Å². The standard InChI is InChI=1S/C13H16F3NO3/c14-13(15,16)20-11-3-1-2-10(4-11)5-17-6-12(7-18)8-19-9-12/h1-4,17-18H,5-9H2. The molecule has 1 fully saturated rings. The lowest BCUT2D eigenvalue weighted by molar-refractivity contribution is -0.274. The van der Waals surface area contributed by atoms with Gasteiger partial charge in [-0.3, -0.25) is 0 Å². The molecule has 112 valence electrons. The van der Waals surface area contributed by atoms with Gasteiger partial charge in [0, 0.05) is 13.1 Å². The zero-order valence-corrected chi connectivity index (χ0v) is 10.7. The number of ether oxygens (including phenoxy) is 2. The van der Waals surface area contributed by atoms with Crippen molar-refractivity contribution >= 4 is 0 Å². The first kappa shape index (κ1) is 15.1. The third kappa shape index (κ3) is 4.09. The molecule has 1 aromatic rings. The van der Waals surface area contributed by atoms with Crippen LogP contribution >= 0.6 is 0 Å². The third-order valence-electron chi connectivity index (χ3n) is 3.11. The van der Waals surface area contributed by atoms with Gasteiger partial charge >= 0.3 is 6.36 Å². The minimum Gasteiger partial charge on any atom is -0.406 e. The SMILES string of the molecule is OCC1(CNCc2cccc(OC(F)(F)F)c2)COC1. The summed E-state index contributed by atoms with van der Waals surface area (Å²) in [4.78, 5) is 0. The number of hydrogen-bond acceptors (Lipinski definition) is 4. The van der Waals surface area contributed by atoms with Crippen LogP contribution in [0, 0.1) is 5.41 Å². The van der Waals surface area contributed by atoms with E-state index in [0.717, 1.165) is 0 Å². The van der Waals surface area contributed by atoms with E-state index in [1.807, 2.05) is 0 Å². The van der Waals surface area contributed by atoms with Crippen molar-refractivity contribution in [2.24, 2.45) is 5.41 Å². The zero-order chi connectivity index (χ0) is 14.6. The summed E-state index contributed by atoms with van der Waals surface area (Å²) in [5.41, 5.74) is 0.417. The van der Waals surface area contributed by atoms with Crippen LogP contribution in [0.5, 0.6) is 5.75 Å². The topological polar surface area (TPSA) is 50.7 Å². The molecule has 7 heteroatoms. The lowest BCUT2D eigenvalue weighted by Gasteiger charge is -2.40. The highest BCUT2D eigenvalue weighted by Gasteiger charge is 2.37. The summed E-state index contributed by atoms with van der Waals surface area (Å²) < 4.78 is 45.2. The Morgan fingerprint density at radius 2 is 2.10 bits per heavy atom. The summed E-state index contributed by atoms with van der Waals surface area (Å²) in [6, 6.07) is 5.81. The number of aliphatic hydroxyl groups is 1. The first-order valence-corrected chi connectivity index (χ1v) is 6.17. The molecule has 1 saturated heterocycles. The van der Waals surface area contributed by atoms with Crippen LogP contribution in [0.2, 0.25) is 0 Å². The molecule has 0 radical (unpaired) electrons. The molecule has 0 spiro atoms. The smallest absolute Gasteiger partial charge is 0.406 e. The molecule has 0 aromatic heterocycles. The molecule has 0 aliphatic carbocycles. The number of benzene rings is 1. The van der Waals surface area contributed by atoms with Crippen LogP contribution in [-0.4, -0.2) is 37.8 Å². The summed E-state index contributed by atoms with van der Waals surface area (Å²) in [7, 11) is 0. The molecule has 0 saturated carbocycles. The van der Waals surface area contributed by atoms with Crippen molar-refractivity contribution < 1.29 is 27.8 Å². The van der Waals surface area contributed by atoms with Crippen molar-refractivity contribution in [2.75, 3.05) is 26.4 Å². The number of alkyl halides is 3. The van der Waals surface area contributed by atoms with Crippen LogP contribution in [0.3, 0.4) is 0 Å². The molecule has 1 aliphatic rings. The second-order valence-corrected chi connectivity index (χ2v) is 4.95. The highest BCUT2D eigenvalue weighted by molar-refractivity contribution is 5.28. The van der Waals surface area contributed by atoms with E-state index >= 15 is 0 Å². The van der Waals surface area contributed by atoms with Crippen LogP contribution in [0.1, 0.15) is 5.56 Å². The number of rotatable bonds is 6. The van der Waals surface area contributed by atoms with Gasteiger partial charge in [0.15, 0.2) is 0 Å². The monoisotopic (exact) mass is 291 g/mol. The third-order valence-corrected chi connectivity index (χ3v) is 3.11. The van der Waals surface area contributed by atoms with Crippen LogP contribution in [-0.2, 0) is 11.3 Å². The van der Waals surface area contributed by atoms with E-state index in [-0.39, 0.29) is 17.8 Å². The highest BCUT2D eigenvalue weighted by Crippen LogP contribution is 2.26. The average Bonchev–Trinajstić information content (AvgIpc) is 2.31. The van der Waals surface area contributed by atoms with Crippen LogP contribution < -0.4 is 10.1 Å². The van der Waals surface area contributed by atoms with Gasteiger partial charge in [0.1, 0.15) is 5.75 Å². The molecule has 1 aromatic carbocycles. The van der Waals surface area contributed by atoms with Crippen LogP contribution in [0.15, 0.2) is 24.3 Å².